The molecule has 2 aromatic carbocycles. The second-order valence-electron chi connectivity index (χ2n) is 4.70. The summed E-state index contributed by atoms with van der Waals surface area (Å²) in [5.41, 5.74) is 2.55. The topological polar surface area (TPSA) is 31.2 Å². The molecule has 0 unspecified atom stereocenters. The van der Waals surface area contributed by atoms with Gasteiger partial charge in [0.15, 0.2) is 0 Å². The molecule has 0 spiro atoms. The number of carbonyl (C=O) groups excluding carboxylic acids is 1. The van der Waals surface area contributed by atoms with E-state index in [9.17, 15) is 4.79 Å². The summed E-state index contributed by atoms with van der Waals surface area (Å²) in [5.74, 6) is -0.307. The fraction of sp³-hybridized carbons (Fsp3) is 0.0556. The largest absolute Gasteiger partial charge is 0.457 e. The second-order valence-corrected chi connectivity index (χ2v) is 4.70. The first-order valence-electron chi connectivity index (χ1n) is 6.77. The third-order valence-electron chi connectivity index (χ3n) is 3.22. The molecule has 3 aromatic rings. The van der Waals surface area contributed by atoms with Crippen molar-refractivity contribution in [3.8, 4) is 5.69 Å². The maximum absolute atomic E-state index is 12.0. The predicted molar refractivity (Wildman–Crippen MR) is 81.3 cm³/mol. The van der Waals surface area contributed by atoms with Crippen LogP contribution in [0.5, 0.6) is 0 Å². The van der Waals surface area contributed by atoms with Gasteiger partial charge in [0.1, 0.15) is 6.61 Å². The monoisotopic (exact) mass is 277 g/mol. The molecule has 0 atom stereocenters. The Morgan fingerprint density at radius 1 is 0.857 bits per heavy atom. The highest BCUT2D eigenvalue weighted by Crippen LogP contribution is 2.12. The van der Waals surface area contributed by atoms with Crippen LogP contribution in [0, 0.1) is 0 Å². The molecule has 0 radical (unpaired) electrons. The second kappa shape index (κ2) is 6.09. The number of esters is 1. The van der Waals surface area contributed by atoms with E-state index in [0.717, 1.165) is 11.3 Å². The lowest BCUT2D eigenvalue weighted by atomic mass is 10.2. The number of aromatic nitrogens is 1. The van der Waals surface area contributed by atoms with Crippen LogP contribution in [0.25, 0.3) is 5.69 Å². The van der Waals surface area contributed by atoms with E-state index in [-0.39, 0.29) is 5.97 Å². The minimum absolute atomic E-state index is 0.291. The Bertz CT molecular complexity index is 701. The van der Waals surface area contributed by atoms with E-state index in [0.29, 0.717) is 12.2 Å². The maximum atomic E-state index is 12.0. The predicted octanol–water partition coefficient (Wildman–Crippen LogP) is 3.83. The highest BCUT2D eigenvalue weighted by molar-refractivity contribution is 5.89. The van der Waals surface area contributed by atoms with E-state index in [1.165, 1.54) is 0 Å². The fourth-order valence-electron chi connectivity index (χ4n) is 2.08. The van der Waals surface area contributed by atoms with Gasteiger partial charge < -0.3 is 9.30 Å². The van der Waals surface area contributed by atoms with Crippen molar-refractivity contribution in [2.45, 2.75) is 6.61 Å². The van der Waals surface area contributed by atoms with Crippen LogP contribution in [-0.4, -0.2) is 10.5 Å². The van der Waals surface area contributed by atoms with Crippen molar-refractivity contribution in [1.29, 1.82) is 0 Å². The number of ether oxygens (including phenoxy) is 1. The number of nitrogens with zero attached hydrogens (tertiary/aromatic N) is 1. The first kappa shape index (κ1) is 13.2. The molecule has 0 N–H and O–H groups in total. The Morgan fingerprint density at radius 3 is 2.19 bits per heavy atom. The van der Waals surface area contributed by atoms with Crippen LogP contribution in [0.3, 0.4) is 0 Å². The van der Waals surface area contributed by atoms with Gasteiger partial charge in [0.2, 0.25) is 0 Å². The zero-order chi connectivity index (χ0) is 14.5. The SMILES string of the molecule is O=C(OCc1ccccc1)c1ccc(-n2cccc2)cc1. The van der Waals surface area contributed by atoms with Gasteiger partial charge in [-0.1, -0.05) is 30.3 Å². The molecule has 0 aliphatic heterocycles. The molecule has 1 aromatic heterocycles. The smallest absolute Gasteiger partial charge is 0.338 e. The van der Waals surface area contributed by atoms with Crippen LogP contribution in [0.4, 0.5) is 0 Å². The molecule has 0 amide bonds. The van der Waals surface area contributed by atoms with Crippen LogP contribution in [0.2, 0.25) is 0 Å². The van der Waals surface area contributed by atoms with Crippen molar-refractivity contribution in [3.63, 3.8) is 0 Å². The van der Waals surface area contributed by atoms with E-state index in [2.05, 4.69) is 0 Å². The summed E-state index contributed by atoms with van der Waals surface area (Å²) < 4.78 is 7.28. The third-order valence-corrected chi connectivity index (χ3v) is 3.22. The van der Waals surface area contributed by atoms with E-state index in [1.807, 2.05) is 71.6 Å². The summed E-state index contributed by atoms with van der Waals surface area (Å²) in [5, 5.41) is 0. The zero-order valence-corrected chi connectivity index (χ0v) is 11.5. The third kappa shape index (κ3) is 3.20. The van der Waals surface area contributed by atoms with Gasteiger partial charge in [-0.25, -0.2) is 4.79 Å². The van der Waals surface area contributed by atoms with E-state index >= 15 is 0 Å². The minimum Gasteiger partial charge on any atom is -0.457 e. The van der Waals surface area contributed by atoms with Gasteiger partial charge in [-0.05, 0) is 42.0 Å². The molecule has 1 heterocycles. The van der Waals surface area contributed by atoms with E-state index in [1.54, 1.807) is 12.1 Å². The van der Waals surface area contributed by atoms with Crippen molar-refractivity contribution in [2.24, 2.45) is 0 Å². The Kier molecular flexibility index (Phi) is 3.83. The maximum Gasteiger partial charge on any atom is 0.338 e. The van der Waals surface area contributed by atoms with Crippen molar-refractivity contribution in [1.82, 2.24) is 4.57 Å². The lowest BCUT2D eigenvalue weighted by Crippen LogP contribution is -2.05. The first-order chi connectivity index (χ1) is 10.3. The molecule has 0 aliphatic carbocycles. The molecule has 3 nitrogen and oxygen atoms in total. The van der Waals surface area contributed by atoms with Crippen molar-refractivity contribution < 1.29 is 9.53 Å². The summed E-state index contributed by atoms with van der Waals surface area (Å²) >= 11 is 0. The molecule has 3 heteroatoms. The Balaban J connectivity index is 1.65. The van der Waals surface area contributed by atoms with Gasteiger partial charge in [0.25, 0.3) is 0 Å². The fourth-order valence-corrected chi connectivity index (χ4v) is 2.08. The Hall–Kier alpha value is -2.81. The van der Waals surface area contributed by atoms with Crippen LogP contribution >= 0.6 is 0 Å². The molecule has 0 saturated heterocycles. The molecular weight excluding hydrogens is 262 g/mol. The lowest BCUT2D eigenvalue weighted by molar-refractivity contribution is 0.0473. The Labute approximate surface area is 123 Å². The van der Waals surface area contributed by atoms with Gasteiger partial charge in [0.05, 0.1) is 5.56 Å². The standard InChI is InChI=1S/C18H15NO2/c20-18(21-14-15-6-2-1-3-7-15)16-8-10-17(11-9-16)19-12-4-5-13-19/h1-13H,14H2. The first-order valence-corrected chi connectivity index (χ1v) is 6.77. The summed E-state index contributed by atoms with van der Waals surface area (Å²) in [6.07, 6.45) is 3.92. The molecule has 0 bridgehead atoms. The molecule has 3 rings (SSSR count). The molecule has 0 saturated carbocycles. The quantitative estimate of drug-likeness (QED) is 0.679. The number of hydrogen-bond donors (Lipinski definition) is 0. The molecule has 0 fully saturated rings. The molecular formula is C18H15NO2. The Morgan fingerprint density at radius 2 is 1.52 bits per heavy atom. The number of carbonyl (C=O) groups is 1. The van der Waals surface area contributed by atoms with Crippen molar-refractivity contribution >= 4 is 5.97 Å². The van der Waals surface area contributed by atoms with Gasteiger partial charge in [-0.15, -0.1) is 0 Å². The lowest BCUT2D eigenvalue weighted by Gasteiger charge is -2.06. The number of benzene rings is 2. The van der Waals surface area contributed by atoms with Crippen LogP contribution in [-0.2, 0) is 11.3 Å². The summed E-state index contributed by atoms with van der Waals surface area (Å²) in [6.45, 7) is 0.291. The summed E-state index contributed by atoms with van der Waals surface area (Å²) in [7, 11) is 0. The highest BCUT2D eigenvalue weighted by Gasteiger charge is 2.07. The summed E-state index contributed by atoms with van der Waals surface area (Å²) in [6, 6.07) is 20.9. The van der Waals surface area contributed by atoms with E-state index in [4.69, 9.17) is 4.74 Å². The average molecular weight is 277 g/mol. The minimum atomic E-state index is -0.307. The van der Waals surface area contributed by atoms with Crippen LogP contribution < -0.4 is 0 Å². The highest BCUT2D eigenvalue weighted by atomic mass is 16.5. The van der Waals surface area contributed by atoms with Crippen molar-refractivity contribution in [2.75, 3.05) is 0 Å². The van der Waals surface area contributed by atoms with Crippen LogP contribution in [0.1, 0.15) is 15.9 Å². The average Bonchev–Trinajstić information content (AvgIpc) is 3.08. The zero-order valence-electron chi connectivity index (χ0n) is 11.5. The normalized spacial score (nSPS) is 10.3. The molecule has 104 valence electrons. The molecule has 0 aliphatic rings. The summed E-state index contributed by atoms with van der Waals surface area (Å²) in [4.78, 5) is 12.0. The van der Waals surface area contributed by atoms with Crippen molar-refractivity contribution in [3.05, 3.63) is 90.3 Å². The number of rotatable bonds is 4. The van der Waals surface area contributed by atoms with Gasteiger partial charge in [0, 0.05) is 18.1 Å². The van der Waals surface area contributed by atoms with Gasteiger partial charge >= 0.3 is 5.97 Å². The van der Waals surface area contributed by atoms with Gasteiger partial charge in [-0.3, -0.25) is 0 Å². The number of hydrogen-bond acceptors (Lipinski definition) is 2. The van der Waals surface area contributed by atoms with Gasteiger partial charge in [-0.2, -0.15) is 0 Å². The van der Waals surface area contributed by atoms with Crippen LogP contribution in [0.15, 0.2) is 79.1 Å². The molecule has 21 heavy (non-hydrogen) atoms. The van der Waals surface area contributed by atoms with E-state index < -0.39 is 0 Å².